The highest BCUT2D eigenvalue weighted by atomic mass is 35.5. The Morgan fingerprint density at radius 1 is 1.62 bits per heavy atom. The van der Waals surface area contributed by atoms with Crippen molar-refractivity contribution in [3.63, 3.8) is 0 Å². The van der Waals surface area contributed by atoms with Gasteiger partial charge in [0.2, 0.25) is 0 Å². The van der Waals surface area contributed by atoms with Crippen LogP contribution in [0.5, 0.6) is 5.75 Å². The van der Waals surface area contributed by atoms with Crippen molar-refractivity contribution in [1.82, 2.24) is 14.6 Å². The Labute approximate surface area is 79.8 Å². The van der Waals surface area contributed by atoms with Crippen LogP contribution in [-0.2, 0) is 6.42 Å². The number of fused-ring (bicyclic) bond motifs is 1. The van der Waals surface area contributed by atoms with E-state index in [1.807, 2.05) is 6.92 Å². The molecule has 0 aliphatic carbocycles. The van der Waals surface area contributed by atoms with Crippen molar-refractivity contribution in [2.75, 3.05) is 0 Å². The molecule has 0 aliphatic heterocycles. The van der Waals surface area contributed by atoms with Gasteiger partial charge in [0.05, 0.1) is 18.1 Å². The number of nitrogens with zero attached hydrogens (tertiary/aromatic N) is 3. The zero-order valence-corrected chi connectivity index (χ0v) is 7.78. The molecule has 2 heterocycles. The lowest BCUT2D eigenvalue weighted by Gasteiger charge is -2.00. The van der Waals surface area contributed by atoms with Gasteiger partial charge in [0.25, 0.3) is 0 Å². The van der Waals surface area contributed by atoms with Crippen LogP contribution < -0.4 is 0 Å². The second-order valence-electron chi connectivity index (χ2n) is 2.69. The second kappa shape index (κ2) is 2.88. The van der Waals surface area contributed by atoms with Crippen LogP contribution in [0.2, 0.25) is 5.02 Å². The maximum absolute atomic E-state index is 9.45. The highest BCUT2D eigenvalue weighted by Gasteiger charge is 2.07. The van der Waals surface area contributed by atoms with Crippen molar-refractivity contribution in [2.24, 2.45) is 0 Å². The zero-order chi connectivity index (χ0) is 9.42. The summed E-state index contributed by atoms with van der Waals surface area (Å²) in [7, 11) is 0. The minimum Gasteiger partial charge on any atom is -0.504 e. The first-order valence-electron chi connectivity index (χ1n) is 3.94. The van der Waals surface area contributed by atoms with Crippen LogP contribution >= 0.6 is 11.6 Å². The minimum atomic E-state index is 0.148. The third kappa shape index (κ3) is 1.23. The molecule has 5 heteroatoms. The summed E-state index contributed by atoms with van der Waals surface area (Å²) in [5.41, 5.74) is 1.21. The smallest absolute Gasteiger partial charge is 0.174 e. The maximum Gasteiger partial charge on any atom is 0.174 e. The Bertz CT molecular complexity index is 452. The number of aryl methyl sites for hydroxylation is 1. The van der Waals surface area contributed by atoms with E-state index in [0.29, 0.717) is 22.8 Å². The van der Waals surface area contributed by atoms with Gasteiger partial charge in [-0.3, -0.25) is 0 Å². The van der Waals surface area contributed by atoms with Crippen LogP contribution in [0.3, 0.4) is 0 Å². The lowest BCUT2D eigenvalue weighted by atomic mass is 10.3. The average Bonchev–Trinajstić information content (AvgIpc) is 2.46. The molecule has 0 atom stereocenters. The quantitative estimate of drug-likeness (QED) is 0.757. The van der Waals surface area contributed by atoms with Crippen molar-refractivity contribution < 1.29 is 5.11 Å². The lowest BCUT2D eigenvalue weighted by Crippen LogP contribution is -1.95. The Kier molecular flexibility index (Phi) is 1.84. The summed E-state index contributed by atoms with van der Waals surface area (Å²) in [5, 5.41) is 13.9. The van der Waals surface area contributed by atoms with Gasteiger partial charge in [-0.2, -0.15) is 5.10 Å². The first kappa shape index (κ1) is 8.31. The molecule has 2 aromatic rings. The Morgan fingerprint density at radius 2 is 2.38 bits per heavy atom. The van der Waals surface area contributed by atoms with Crippen LogP contribution in [0, 0.1) is 0 Å². The van der Waals surface area contributed by atoms with E-state index >= 15 is 0 Å². The van der Waals surface area contributed by atoms with Gasteiger partial charge in [-0.1, -0.05) is 18.5 Å². The molecule has 0 aromatic carbocycles. The van der Waals surface area contributed by atoms with Crippen molar-refractivity contribution in [1.29, 1.82) is 0 Å². The van der Waals surface area contributed by atoms with E-state index < -0.39 is 0 Å². The van der Waals surface area contributed by atoms with E-state index in [1.165, 1.54) is 16.9 Å². The van der Waals surface area contributed by atoms with Crippen LogP contribution in [0.1, 0.15) is 12.6 Å². The van der Waals surface area contributed by atoms with E-state index in [9.17, 15) is 5.11 Å². The summed E-state index contributed by atoms with van der Waals surface area (Å²) in [6.45, 7) is 1.92. The summed E-state index contributed by atoms with van der Waals surface area (Å²) in [4.78, 5) is 4.17. The molecule has 0 fully saturated rings. The van der Waals surface area contributed by atoms with Crippen LogP contribution in [0.15, 0.2) is 12.4 Å². The molecular weight excluding hydrogens is 190 g/mol. The summed E-state index contributed by atoms with van der Waals surface area (Å²) < 4.78 is 1.46. The molecule has 0 spiro atoms. The summed E-state index contributed by atoms with van der Waals surface area (Å²) in [5.74, 6) is 0.148. The fourth-order valence-electron chi connectivity index (χ4n) is 1.17. The van der Waals surface area contributed by atoms with Crippen LogP contribution in [0.25, 0.3) is 5.65 Å². The third-order valence-corrected chi connectivity index (χ3v) is 2.11. The molecule has 0 amide bonds. The van der Waals surface area contributed by atoms with Crippen molar-refractivity contribution in [2.45, 2.75) is 13.3 Å². The number of aromatic hydroxyl groups is 1. The van der Waals surface area contributed by atoms with Gasteiger partial charge < -0.3 is 5.11 Å². The van der Waals surface area contributed by atoms with E-state index in [1.54, 1.807) is 0 Å². The second-order valence-corrected chi connectivity index (χ2v) is 3.09. The van der Waals surface area contributed by atoms with Gasteiger partial charge in [-0.15, -0.1) is 0 Å². The van der Waals surface area contributed by atoms with Crippen LogP contribution in [-0.4, -0.2) is 19.7 Å². The van der Waals surface area contributed by atoms with Gasteiger partial charge in [-0.25, -0.2) is 9.50 Å². The summed E-state index contributed by atoms with van der Waals surface area (Å²) in [6.07, 6.45) is 3.68. The predicted octanol–water partition coefficient (Wildman–Crippen LogP) is 1.65. The van der Waals surface area contributed by atoms with Crippen molar-refractivity contribution in [3.8, 4) is 5.75 Å². The van der Waals surface area contributed by atoms with Gasteiger partial charge in [0.15, 0.2) is 11.4 Å². The Morgan fingerprint density at radius 3 is 3.08 bits per heavy atom. The lowest BCUT2D eigenvalue weighted by molar-refractivity contribution is 0.460. The van der Waals surface area contributed by atoms with Gasteiger partial charge >= 0.3 is 0 Å². The molecule has 0 aliphatic rings. The summed E-state index contributed by atoms with van der Waals surface area (Å²) >= 11 is 5.83. The molecule has 4 nitrogen and oxygen atoms in total. The zero-order valence-electron chi connectivity index (χ0n) is 7.03. The topological polar surface area (TPSA) is 50.4 Å². The van der Waals surface area contributed by atoms with E-state index in [0.717, 1.165) is 0 Å². The number of hydrogen-bond donors (Lipinski definition) is 1. The number of hydrogen-bond acceptors (Lipinski definition) is 3. The fraction of sp³-hybridized carbons (Fsp3) is 0.250. The molecule has 0 bridgehead atoms. The largest absolute Gasteiger partial charge is 0.504 e. The molecule has 13 heavy (non-hydrogen) atoms. The molecule has 0 radical (unpaired) electrons. The van der Waals surface area contributed by atoms with E-state index in [2.05, 4.69) is 10.1 Å². The maximum atomic E-state index is 9.45. The van der Waals surface area contributed by atoms with Crippen molar-refractivity contribution >= 4 is 17.2 Å². The van der Waals surface area contributed by atoms with E-state index in [4.69, 9.17) is 11.6 Å². The van der Waals surface area contributed by atoms with Crippen LogP contribution in [0.4, 0.5) is 0 Å². The monoisotopic (exact) mass is 197 g/mol. The minimum absolute atomic E-state index is 0.148. The highest BCUT2D eigenvalue weighted by Crippen LogP contribution is 2.20. The van der Waals surface area contributed by atoms with Crippen molar-refractivity contribution in [3.05, 3.63) is 23.1 Å². The molecule has 2 rings (SSSR count). The molecule has 0 unspecified atom stereocenters. The number of rotatable bonds is 1. The standard InChI is InChI=1S/C8H8ClN3O/c1-2-6-7(13)4-12-8(11-6)5(9)3-10-12/h3-4,13H,2H2,1H3. The SMILES string of the molecule is CCc1nc2c(Cl)cnn2cc1O. The highest BCUT2D eigenvalue weighted by molar-refractivity contribution is 6.33. The van der Waals surface area contributed by atoms with E-state index in [-0.39, 0.29) is 5.75 Å². The van der Waals surface area contributed by atoms with Gasteiger partial charge in [0.1, 0.15) is 5.02 Å². The first-order valence-corrected chi connectivity index (χ1v) is 4.32. The number of aromatic nitrogens is 3. The summed E-state index contributed by atoms with van der Waals surface area (Å²) in [6, 6.07) is 0. The normalized spacial score (nSPS) is 10.9. The Balaban J connectivity index is 2.77. The first-order chi connectivity index (χ1) is 6.22. The average molecular weight is 198 g/mol. The predicted molar refractivity (Wildman–Crippen MR) is 49.0 cm³/mol. The Hall–Kier alpha value is -1.29. The van der Waals surface area contributed by atoms with Gasteiger partial charge in [0, 0.05) is 0 Å². The molecular formula is C8H8ClN3O. The molecule has 1 N–H and O–H groups in total. The molecule has 68 valence electrons. The van der Waals surface area contributed by atoms with Gasteiger partial charge in [-0.05, 0) is 6.42 Å². The number of halogens is 1. The molecule has 2 aromatic heterocycles. The molecule has 0 saturated carbocycles. The fourth-order valence-corrected chi connectivity index (χ4v) is 1.34. The third-order valence-electron chi connectivity index (χ3n) is 1.84. The molecule has 0 saturated heterocycles.